The fourth-order valence-electron chi connectivity index (χ4n) is 2.29. The van der Waals surface area contributed by atoms with E-state index in [4.69, 9.17) is 9.88 Å². The number of sulfonamides is 2. The number of morpholine rings is 1. The molecule has 118 valence electrons. The molecule has 9 heteroatoms. The molecule has 1 fully saturated rings. The number of primary sulfonamides is 1. The van der Waals surface area contributed by atoms with Gasteiger partial charge in [0, 0.05) is 13.1 Å². The molecule has 0 spiro atoms. The van der Waals surface area contributed by atoms with Gasteiger partial charge in [0.1, 0.15) is 0 Å². The zero-order valence-corrected chi connectivity index (χ0v) is 13.4. The molecule has 0 aromatic heterocycles. The van der Waals surface area contributed by atoms with Gasteiger partial charge in [0.25, 0.3) is 0 Å². The SMILES string of the molecule is C[C@@H]1CN(S(=O)(=O)c2cccc(S(N)(=O)=O)c2)C[C@@H](C)O1. The second kappa shape index (κ2) is 5.65. The highest BCUT2D eigenvalue weighted by Gasteiger charge is 2.32. The van der Waals surface area contributed by atoms with Crippen LogP contribution in [0.25, 0.3) is 0 Å². The zero-order valence-electron chi connectivity index (χ0n) is 11.8. The molecule has 1 aromatic rings. The Hall–Kier alpha value is -1.00. The monoisotopic (exact) mass is 334 g/mol. The summed E-state index contributed by atoms with van der Waals surface area (Å²) in [5, 5.41) is 5.04. The molecule has 0 aliphatic carbocycles. The highest BCUT2D eigenvalue weighted by Crippen LogP contribution is 2.22. The van der Waals surface area contributed by atoms with Gasteiger partial charge in [0.2, 0.25) is 20.0 Å². The van der Waals surface area contributed by atoms with Crippen molar-refractivity contribution in [3.05, 3.63) is 24.3 Å². The summed E-state index contributed by atoms with van der Waals surface area (Å²) in [4.78, 5) is -0.312. The van der Waals surface area contributed by atoms with E-state index < -0.39 is 20.0 Å². The van der Waals surface area contributed by atoms with Crippen molar-refractivity contribution in [1.82, 2.24) is 4.31 Å². The van der Waals surface area contributed by atoms with E-state index in [0.717, 1.165) is 6.07 Å². The topological polar surface area (TPSA) is 107 Å². The van der Waals surface area contributed by atoms with Crippen molar-refractivity contribution in [1.29, 1.82) is 0 Å². The minimum Gasteiger partial charge on any atom is -0.373 e. The highest BCUT2D eigenvalue weighted by molar-refractivity contribution is 7.90. The molecule has 1 saturated heterocycles. The Labute approximate surface area is 124 Å². The molecule has 0 saturated carbocycles. The Bertz CT molecular complexity index is 720. The third kappa shape index (κ3) is 3.61. The Balaban J connectivity index is 2.40. The molecule has 21 heavy (non-hydrogen) atoms. The van der Waals surface area contributed by atoms with E-state index in [1.54, 1.807) is 13.8 Å². The standard InChI is InChI=1S/C12H18N2O5S2/c1-9-7-14(8-10(2)19-9)21(17,18)12-5-3-4-11(6-12)20(13,15)16/h3-6,9-10H,7-8H2,1-2H3,(H2,13,15,16)/t9-,10-/m1/s1. The maximum Gasteiger partial charge on any atom is 0.243 e. The lowest BCUT2D eigenvalue weighted by Gasteiger charge is -2.34. The Morgan fingerprint density at radius 2 is 1.62 bits per heavy atom. The fraction of sp³-hybridized carbons (Fsp3) is 0.500. The Morgan fingerprint density at radius 1 is 1.10 bits per heavy atom. The molecule has 0 radical (unpaired) electrons. The normalized spacial score (nSPS) is 24.9. The Morgan fingerprint density at radius 3 is 2.14 bits per heavy atom. The molecular weight excluding hydrogens is 316 g/mol. The van der Waals surface area contributed by atoms with E-state index in [-0.39, 0.29) is 35.1 Å². The summed E-state index contributed by atoms with van der Waals surface area (Å²) in [5.74, 6) is 0. The number of rotatable bonds is 3. The number of nitrogens with two attached hydrogens (primary N) is 1. The summed E-state index contributed by atoms with van der Waals surface area (Å²) in [5.41, 5.74) is 0. The van der Waals surface area contributed by atoms with Crippen LogP contribution in [-0.2, 0) is 24.8 Å². The molecule has 0 amide bonds. The quantitative estimate of drug-likeness (QED) is 0.845. The first kappa shape index (κ1) is 16.4. The van der Waals surface area contributed by atoms with E-state index >= 15 is 0 Å². The van der Waals surface area contributed by atoms with Gasteiger partial charge in [-0.25, -0.2) is 22.0 Å². The van der Waals surface area contributed by atoms with Crippen LogP contribution >= 0.6 is 0 Å². The van der Waals surface area contributed by atoms with Crippen LogP contribution in [0.1, 0.15) is 13.8 Å². The van der Waals surface area contributed by atoms with Crippen LogP contribution in [0.2, 0.25) is 0 Å². The van der Waals surface area contributed by atoms with Gasteiger partial charge in [-0.1, -0.05) is 6.07 Å². The second-order valence-electron chi connectivity index (χ2n) is 5.10. The number of ether oxygens (including phenoxy) is 1. The first-order chi connectivity index (χ1) is 9.60. The van der Waals surface area contributed by atoms with Gasteiger partial charge in [-0.15, -0.1) is 0 Å². The minimum atomic E-state index is -3.95. The summed E-state index contributed by atoms with van der Waals surface area (Å²) in [6.07, 6.45) is -0.435. The fourth-order valence-corrected chi connectivity index (χ4v) is 4.56. The minimum absolute atomic E-state index is 0.0877. The molecular formula is C12H18N2O5S2. The molecule has 1 aliphatic heterocycles. The summed E-state index contributed by atoms with van der Waals surface area (Å²) in [6, 6.07) is 5.06. The highest BCUT2D eigenvalue weighted by atomic mass is 32.2. The lowest BCUT2D eigenvalue weighted by atomic mass is 10.3. The van der Waals surface area contributed by atoms with Crippen molar-refractivity contribution in [2.75, 3.05) is 13.1 Å². The van der Waals surface area contributed by atoms with Crippen LogP contribution in [0.3, 0.4) is 0 Å². The predicted octanol–water partition coefficient (Wildman–Crippen LogP) is 0.132. The summed E-state index contributed by atoms with van der Waals surface area (Å²) < 4.78 is 54.7. The van der Waals surface area contributed by atoms with E-state index in [2.05, 4.69) is 0 Å². The van der Waals surface area contributed by atoms with Gasteiger partial charge in [-0.05, 0) is 32.0 Å². The number of nitrogens with zero attached hydrogens (tertiary/aromatic N) is 1. The van der Waals surface area contributed by atoms with Gasteiger partial charge < -0.3 is 4.74 Å². The molecule has 7 nitrogen and oxygen atoms in total. The predicted molar refractivity (Wildman–Crippen MR) is 76.6 cm³/mol. The third-order valence-electron chi connectivity index (χ3n) is 3.16. The van der Waals surface area contributed by atoms with Crippen molar-refractivity contribution in [3.63, 3.8) is 0 Å². The maximum absolute atomic E-state index is 12.6. The smallest absolute Gasteiger partial charge is 0.243 e. The Kier molecular flexibility index (Phi) is 4.41. The van der Waals surface area contributed by atoms with Crippen LogP contribution in [0.5, 0.6) is 0 Å². The van der Waals surface area contributed by atoms with Crippen LogP contribution in [-0.4, -0.2) is 46.4 Å². The van der Waals surface area contributed by atoms with Gasteiger partial charge in [-0.2, -0.15) is 4.31 Å². The lowest BCUT2D eigenvalue weighted by molar-refractivity contribution is -0.0440. The van der Waals surface area contributed by atoms with Crippen molar-refractivity contribution >= 4 is 20.0 Å². The van der Waals surface area contributed by atoms with Crippen molar-refractivity contribution in [2.45, 2.75) is 35.8 Å². The number of benzene rings is 1. The molecule has 2 atom stereocenters. The van der Waals surface area contributed by atoms with Gasteiger partial charge >= 0.3 is 0 Å². The average molecular weight is 334 g/mol. The van der Waals surface area contributed by atoms with Crippen LogP contribution in [0.4, 0.5) is 0 Å². The molecule has 0 unspecified atom stereocenters. The van der Waals surface area contributed by atoms with Crippen molar-refractivity contribution in [3.8, 4) is 0 Å². The van der Waals surface area contributed by atoms with Crippen LogP contribution in [0, 0.1) is 0 Å². The van der Waals surface area contributed by atoms with Crippen molar-refractivity contribution < 1.29 is 21.6 Å². The first-order valence-corrected chi connectivity index (χ1v) is 9.38. The summed E-state index contributed by atoms with van der Waals surface area (Å²) in [6.45, 7) is 4.04. The number of hydrogen-bond acceptors (Lipinski definition) is 5. The van der Waals surface area contributed by atoms with Gasteiger partial charge in [0.05, 0.1) is 22.0 Å². The third-order valence-corrected chi connectivity index (χ3v) is 5.90. The largest absolute Gasteiger partial charge is 0.373 e. The van der Waals surface area contributed by atoms with Gasteiger partial charge in [0.15, 0.2) is 0 Å². The first-order valence-electron chi connectivity index (χ1n) is 6.39. The molecule has 2 rings (SSSR count). The van der Waals surface area contributed by atoms with E-state index in [1.807, 2.05) is 0 Å². The summed E-state index contributed by atoms with van der Waals surface area (Å²) >= 11 is 0. The average Bonchev–Trinajstić information content (AvgIpc) is 2.36. The lowest BCUT2D eigenvalue weighted by Crippen LogP contribution is -2.48. The summed E-state index contributed by atoms with van der Waals surface area (Å²) in [7, 11) is -7.72. The second-order valence-corrected chi connectivity index (χ2v) is 8.60. The van der Waals surface area contributed by atoms with E-state index in [1.165, 1.54) is 22.5 Å². The molecule has 1 aliphatic rings. The molecule has 2 N–H and O–H groups in total. The molecule has 1 heterocycles. The van der Waals surface area contributed by atoms with Crippen LogP contribution in [0.15, 0.2) is 34.1 Å². The van der Waals surface area contributed by atoms with E-state index in [9.17, 15) is 16.8 Å². The number of hydrogen-bond donors (Lipinski definition) is 1. The van der Waals surface area contributed by atoms with Gasteiger partial charge in [-0.3, -0.25) is 0 Å². The van der Waals surface area contributed by atoms with Crippen LogP contribution < -0.4 is 5.14 Å². The zero-order chi connectivity index (χ0) is 15.8. The molecule has 0 bridgehead atoms. The van der Waals surface area contributed by atoms with Crippen molar-refractivity contribution in [2.24, 2.45) is 5.14 Å². The maximum atomic E-state index is 12.6. The molecule has 1 aromatic carbocycles. The van der Waals surface area contributed by atoms with E-state index in [0.29, 0.717) is 0 Å².